The van der Waals surface area contributed by atoms with E-state index in [1.807, 2.05) is 6.92 Å². The Kier molecular flexibility index (Phi) is 7.16. The SMILES string of the molecule is CCCCS(=O)(=O)N1CCC(C(=O)Nc2ccccc2CC(N)=O)CC1. The highest BCUT2D eigenvalue weighted by Gasteiger charge is 2.30. The number of primary amides is 1. The molecule has 2 amide bonds. The standard InChI is InChI=1S/C18H27N3O4S/c1-2-3-12-26(24,25)21-10-8-14(9-11-21)18(23)20-16-7-5-4-6-15(16)13-17(19)22/h4-7,14H,2-3,8-13H2,1H3,(H2,19,22)(H,20,23). The number of unbranched alkanes of at least 4 members (excludes halogenated alkanes) is 1. The second kappa shape index (κ2) is 9.14. The molecule has 7 nitrogen and oxygen atoms in total. The van der Waals surface area contributed by atoms with Crippen molar-refractivity contribution >= 4 is 27.5 Å². The number of nitrogens with two attached hydrogens (primary N) is 1. The Morgan fingerprint density at radius 2 is 1.88 bits per heavy atom. The largest absolute Gasteiger partial charge is 0.369 e. The van der Waals surface area contributed by atoms with Crippen molar-refractivity contribution in [2.45, 2.75) is 39.0 Å². The van der Waals surface area contributed by atoms with E-state index in [-0.39, 0.29) is 24.0 Å². The summed E-state index contributed by atoms with van der Waals surface area (Å²) in [6, 6.07) is 7.06. The first-order chi connectivity index (χ1) is 12.3. The van der Waals surface area contributed by atoms with E-state index in [0.29, 0.717) is 43.6 Å². The molecule has 1 aromatic carbocycles. The second-order valence-corrected chi connectivity index (χ2v) is 8.72. The number of carbonyl (C=O) groups is 2. The number of amides is 2. The zero-order valence-corrected chi connectivity index (χ0v) is 15.9. The van der Waals surface area contributed by atoms with E-state index >= 15 is 0 Å². The molecule has 144 valence electrons. The fraction of sp³-hybridized carbons (Fsp3) is 0.556. The van der Waals surface area contributed by atoms with Crippen molar-refractivity contribution < 1.29 is 18.0 Å². The summed E-state index contributed by atoms with van der Waals surface area (Å²) in [6.07, 6.45) is 2.54. The minimum atomic E-state index is -3.22. The lowest BCUT2D eigenvalue weighted by Gasteiger charge is -2.30. The van der Waals surface area contributed by atoms with Crippen LogP contribution in [-0.4, -0.2) is 43.4 Å². The number of nitrogens with one attached hydrogen (secondary N) is 1. The second-order valence-electron chi connectivity index (χ2n) is 6.63. The van der Waals surface area contributed by atoms with E-state index < -0.39 is 15.9 Å². The quantitative estimate of drug-likeness (QED) is 0.711. The maximum absolute atomic E-state index is 12.5. The summed E-state index contributed by atoms with van der Waals surface area (Å²) in [7, 11) is -3.22. The molecule has 2 rings (SSSR count). The van der Waals surface area contributed by atoms with E-state index in [2.05, 4.69) is 5.32 Å². The zero-order valence-electron chi connectivity index (χ0n) is 15.1. The van der Waals surface area contributed by atoms with Crippen LogP contribution in [0.4, 0.5) is 5.69 Å². The van der Waals surface area contributed by atoms with Crippen molar-refractivity contribution in [1.29, 1.82) is 0 Å². The highest BCUT2D eigenvalue weighted by Crippen LogP contribution is 2.23. The topological polar surface area (TPSA) is 110 Å². The first kappa shape index (κ1) is 20.4. The molecule has 1 saturated heterocycles. The predicted molar refractivity (Wildman–Crippen MR) is 101 cm³/mol. The van der Waals surface area contributed by atoms with Gasteiger partial charge in [-0.15, -0.1) is 0 Å². The Labute approximate surface area is 155 Å². The average molecular weight is 381 g/mol. The molecular weight excluding hydrogens is 354 g/mol. The summed E-state index contributed by atoms with van der Waals surface area (Å²) in [6.45, 7) is 2.70. The van der Waals surface area contributed by atoms with Gasteiger partial charge in [0, 0.05) is 24.7 Å². The van der Waals surface area contributed by atoms with E-state index in [1.54, 1.807) is 24.3 Å². The third-order valence-electron chi connectivity index (χ3n) is 4.61. The van der Waals surface area contributed by atoms with Gasteiger partial charge in [0.15, 0.2) is 0 Å². The number of para-hydroxylation sites is 1. The van der Waals surface area contributed by atoms with Crippen LogP contribution in [0.2, 0.25) is 0 Å². The molecule has 0 atom stereocenters. The van der Waals surface area contributed by atoms with Crippen LogP contribution in [0.15, 0.2) is 24.3 Å². The van der Waals surface area contributed by atoms with Gasteiger partial charge < -0.3 is 11.1 Å². The summed E-state index contributed by atoms with van der Waals surface area (Å²) in [4.78, 5) is 23.7. The third kappa shape index (κ3) is 5.54. The summed E-state index contributed by atoms with van der Waals surface area (Å²) in [5.41, 5.74) is 6.50. The normalized spacial score (nSPS) is 16.3. The first-order valence-electron chi connectivity index (χ1n) is 8.98. The fourth-order valence-electron chi connectivity index (χ4n) is 3.07. The van der Waals surface area contributed by atoms with Crippen LogP contribution in [0.3, 0.4) is 0 Å². The maximum Gasteiger partial charge on any atom is 0.227 e. The molecule has 0 aliphatic carbocycles. The van der Waals surface area contributed by atoms with Crippen molar-refractivity contribution in [2.24, 2.45) is 11.7 Å². The molecule has 1 aromatic rings. The van der Waals surface area contributed by atoms with Gasteiger partial charge in [0.2, 0.25) is 21.8 Å². The number of sulfonamides is 1. The molecule has 0 aromatic heterocycles. The Bertz CT molecular complexity index is 741. The predicted octanol–water partition coefficient (Wildman–Crippen LogP) is 1.49. The lowest BCUT2D eigenvalue weighted by molar-refractivity contribution is -0.121. The zero-order chi connectivity index (χ0) is 19.2. The minimum Gasteiger partial charge on any atom is -0.369 e. The van der Waals surface area contributed by atoms with Gasteiger partial charge in [-0.2, -0.15) is 0 Å². The number of benzene rings is 1. The van der Waals surface area contributed by atoms with Crippen LogP contribution in [-0.2, 0) is 26.0 Å². The Morgan fingerprint density at radius 1 is 1.23 bits per heavy atom. The molecule has 0 bridgehead atoms. The van der Waals surface area contributed by atoms with Crippen LogP contribution in [0.25, 0.3) is 0 Å². The monoisotopic (exact) mass is 381 g/mol. The van der Waals surface area contributed by atoms with Gasteiger partial charge in [-0.05, 0) is 30.9 Å². The van der Waals surface area contributed by atoms with Crippen LogP contribution >= 0.6 is 0 Å². The molecule has 1 fully saturated rings. The summed E-state index contributed by atoms with van der Waals surface area (Å²) in [5, 5.41) is 2.86. The highest BCUT2D eigenvalue weighted by atomic mass is 32.2. The number of hydrogen-bond acceptors (Lipinski definition) is 4. The lowest BCUT2D eigenvalue weighted by Crippen LogP contribution is -2.42. The van der Waals surface area contributed by atoms with Crippen LogP contribution in [0, 0.1) is 5.92 Å². The van der Waals surface area contributed by atoms with E-state index in [0.717, 1.165) is 6.42 Å². The maximum atomic E-state index is 12.5. The van der Waals surface area contributed by atoms with Gasteiger partial charge in [-0.25, -0.2) is 12.7 Å². The third-order valence-corrected chi connectivity index (χ3v) is 6.57. The van der Waals surface area contributed by atoms with Crippen molar-refractivity contribution in [2.75, 3.05) is 24.2 Å². The molecule has 0 radical (unpaired) electrons. The molecule has 1 aliphatic heterocycles. The number of nitrogens with zero attached hydrogens (tertiary/aromatic N) is 1. The Hall–Kier alpha value is -1.93. The molecule has 3 N–H and O–H groups in total. The van der Waals surface area contributed by atoms with Crippen molar-refractivity contribution in [3.63, 3.8) is 0 Å². The molecule has 0 spiro atoms. The van der Waals surface area contributed by atoms with Gasteiger partial charge in [0.25, 0.3) is 0 Å². The van der Waals surface area contributed by atoms with Crippen molar-refractivity contribution in [3.05, 3.63) is 29.8 Å². The summed E-state index contributed by atoms with van der Waals surface area (Å²) >= 11 is 0. The average Bonchev–Trinajstić information content (AvgIpc) is 2.61. The minimum absolute atomic E-state index is 0.0601. The van der Waals surface area contributed by atoms with Gasteiger partial charge >= 0.3 is 0 Å². The number of piperidine rings is 1. The first-order valence-corrected chi connectivity index (χ1v) is 10.6. The van der Waals surface area contributed by atoms with Gasteiger partial charge in [-0.1, -0.05) is 31.5 Å². The number of anilines is 1. The Balaban J connectivity index is 1.94. The van der Waals surface area contributed by atoms with Gasteiger partial charge in [-0.3, -0.25) is 9.59 Å². The fourth-order valence-corrected chi connectivity index (χ4v) is 4.75. The smallest absolute Gasteiger partial charge is 0.227 e. The number of carbonyl (C=O) groups excluding carboxylic acids is 2. The molecule has 1 aliphatic rings. The molecule has 8 heteroatoms. The van der Waals surface area contributed by atoms with Crippen LogP contribution < -0.4 is 11.1 Å². The van der Waals surface area contributed by atoms with Crippen molar-refractivity contribution in [1.82, 2.24) is 4.31 Å². The lowest BCUT2D eigenvalue weighted by atomic mass is 9.97. The molecule has 26 heavy (non-hydrogen) atoms. The van der Waals surface area contributed by atoms with E-state index in [1.165, 1.54) is 4.31 Å². The summed E-state index contributed by atoms with van der Waals surface area (Å²) in [5.74, 6) is -0.681. The molecule has 0 unspecified atom stereocenters. The van der Waals surface area contributed by atoms with E-state index in [9.17, 15) is 18.0 Å². The molecule has 0 saturated carbocycles. The summed E-state index contributed by atoms with van der Waals surface area (Å²) < 4.78 is 26.0. The van der Waals surface area contributed by atoms with Gasteiger partial charge in [0.1, 0.15) is 0 Å². The number of hydrogen-bond donors (Lipinski definition) is 2. The highest BCUT2D eigenvalue weighted by molar-refractivity contribution is 7.89. The molecule has 1 heterocycles. The Morgan fingerprint density at radius 3 is 2.50 bits per heavy atom. The molecular formula is C18H27N3O4S. The van der Waals surface area contributed by atoms with Crippen LogP contribution in [0.5, 0.6) is 0 Å². The van der Waals surface area contributed by atoms with Crippen LogP contribution in [0.1, 0.15) is 38.2 Å². The van der Waals surface area contributed by atoms with Crippen molar-refractivity contribution in [3.8, 4) is 0 Å². The van der Waals surface area contributed by atoms with E-state index in [4.69, 9.17) is 5.73 Å². The number of rotatable bonds is 8. The van der Waals surface area contributed by atoms with Gasteiger partial charge in [0.05, 0.1) is 12.2 Å².